The molecule has 15 heavy (non-hydrogen) atoms. The van der Waals surface area contributed by atoms with Crippen LogP contribution in [0.25, 0.3) is 0 Å². The number of hydrogen-bond donors (Lipinski definition) is 1. The quantitative estimate of drug-likeness (QED) is 0.639. The molecule has 5 heteroatoms. The average molecular weight is 274 g/mol. The van der Waals surface area contributed by atoms with Gasteiger partial charge in [-0.15, -0.1) is 0 Å². The maximum atomic E-state index is 5.24. The van der Waals surface area contributed by atoms with Gasteiger partial charge in [-0.2, -0.15) is 0 Å². The summed E-state index contributed by atoms with van der Waals surface area (Å²) >= 11 is 3.33. The highest BCUT2D eigenvalue weighted by Crippen LogP contribution is 2.11. The largest absolute Gasteiger partial charge is 0.382 e. The van der Waals surface area contributed by atoms with Crippen molar-refractivity contribution in [1.29, 1.82) is 0 Å². The minimum absolute atomic E-state index is 0.761. The Morgan fingerprint density at radius 1 is 1.47 bits per heavy atom. The number of halogens is 1. The number of aryl methyl sites for hydroxylation is 1. The molecule has 0 aliphatic carbocycles. The van der Waals surface area contributed by atoms with Crippen LogP contribution in [0.4, 0.5) is 5.82 Å². The second kappa shape index (κ2) is 6.74. The predicted octanol–water partition coefficient (Wildman–Crippen LogP) is 2.39. The molecule has 0 saturated carbocycles. The van der Waals surface area contributed by atoms with Gasteiger partial charge in [0.2, 0.25) is 0 Å². The Balaban J connectivity index is 2.31. The summed E-state index contributed by atoms with van der Waals surface area (Å²) < 4.78 is 6.04. The van der Waals surface area contributed by atoms with Crippen molar-refractivity contribution in [1.82, 2.24) is 9.97 Å². The monoisotopic (exact) mass is 273 g/mol. The van der Waals surface area contributed by atoms with Crippen LogP contribution in [0, 0.1) is 6.92 Å². The Morgan fingerprint density at radius 3 is 2.93 bits per heavy atom. The molecule has 0 spiro atoms. The minimum atomic E-state index is 0.761. The van der Waals surface area contributed by atoms with E-state index in [9.17, 15) is 0 Å². The first kappa shape index (κ1) is 12.4. The lowest BCUT2D eigenvalue weighted by Crippen LogP contribution is -2.07. The first-order valence-electron chi connectivity index (χ1n) is 5.05. The van der Waals surface area contributed by atoms with Crippen LogP contribution >= 0.6 is 15.9 Å². The zero-order valence-corrected chi connectivity index (χ0v) is 10.7. The van der Waals surface area contributed by atoms with E-state index >= 15 is 0 Å². The molecule has 0 fully saturated rings. The van der Waals surface area contributed by atoms with E-state index in [1.54, 1.807) is 0 Å². The van der Waals surface area contributed by atoms with E-state index in [-0.39, 0.29) is 0 Å². The normalized spacial score (nSPS) is 10.3. The number of aromatic nitrogens is 2. The van der Waals surface area contributed by atoms with Crippen molar-refractivity contribution in [2.24, 2.45) is 0 Å². The Bertz CT molecular complexity index is 286. The van der Waals surface area contributed by atoms with Crippen LogP contribution in [-0.2, 0) is 4.74 Å². The summed E-state index contributed by atoms with van der Waals surface area (Å²) in [6.45, 7) is 6.30. The molecule has 0 unspecified atom stereocenters. The third-order valence-corrected chi connectivity index (χ3v) is 2.19. The van der Waals surface area contributed by atoms with E-state index in [0.29, 0.717) is 0 Å². The van der Waals surface area contributed by atoms with E-state index in [0.717, 1.165) is 42.4 Å². The van der Waals surface area contributed by atoms with Crippen LogP contribution in [0.5, 0.6) is 0 Å². The van der Waals surface area contributed by atoms with Gasteiger partial charge in [-0.1, -0.05) is 0 Å². The third-order valence-electron chi connectivity index (χ3n) is 1.78. The first-order chi connectivity index (χ1) is 7.22. The van der Waals surface area contributed by atoms with Crippen molar-refractivity contribution in [2.45, 2.75) is 20.3 Å². The smallest absolute Gasteiger partial charge is 0.130 e. The Hall–Kier alpha value is -0.680. The van der Waals surface area contributed by atoms with Crippen molar-refractivity contribution in [3.05, 3.63) is 16.5 Å². The number of anilines is 1. The fourth-order valence-electron chi connectivity index (χ4n) is 1.16. The molecule has 0 saturated heterocycles. The molecule has 1 rings (SSSR count). The minimum Gasteiger partial charge on any atom is -0.382 e. The van der Waals surface area contributed by atoms with E-state index in [4.69, 9.17) is 4.74 Å². The van der Waals surface area contributed by atoms with Crippen molar-refractivity contribution in [2.75, 3.05) is 25.1 Å². The standard InChI is InChI=1S/C10H16BrN3O/c1-3-15-6-4-5-12-10-7-9(11)13-8(2)14-10/h7H,3-6H2,1-2H3,(H,12,13,14). The van der Waals surface area contributed by atoms with E-state index in [1.807, 2.05) is 19.9 Å². The SMILES string of the molecule is CCOCCCNc1cc(Br)nc(C)n1. The molecule has 1 aromatic heterocycles. The van der Waals surface area contributed by atoms with Crippen LogP contribution in [0.15, 0.2) is 10.7 Å². The predicted molar refractivity (Wildman–Crippen MR) is 64.1 cm³/mol. The van der Waals surface area contributed by atoms with Gasteiger partial charge < -0.3 is 10.1 Å². The fourth-order valence-corrected chi connectivity index (χ4v) is 1.63. The van der Waals surface area contributed by atoms with Crippen LogP contribution in [-0.4, -0.2) is 29.7 Å². The summed E-state index contributed by atoms with van der Waals surface area (Å²) in [7, 11) is 0. The van der Waals surface area contributed by atoms with Gasteiger partial charge in [0, 0.05) is 25.8 Å². The highest BCUT2D eigenvalue weighted by molar-refractivity contribution is 9.10. The van der Waals surface area contributed by atoms with Gasteiger partial charge >= 0.3 is 0 Å². The van der Waals surface area contributed by atoms with Crippen molar-refractivity contribution in [3.63, 3.8) is 0 Å². The van der Waals surface area contributed by atoms with Gasteiger partial charge in [0.25, 0.3) is 0 Å². The lowest BCUT2D eigenvalue weighted by Gasteiger charge is -2.06. The van der Waals surface area contributed by atoms with E-state index < -0.39 is 0 Å². The third kappa shape index (κ3) is 5.09. The maximum absolute atomic E-state index is 5.24. The summed E-state index contributed by atoms with van der Waals surface area (Å²) in [6, 6.07) is 1.87. The molecule has 0 atom stereocenters. The summed E-state index contributed by atoms with van der Waals surface area (Å²) in [6.07, 6.45) is 0.981. The maximum Gasteiger partial charge on any atom is 0.130 e. The molecule has 0 aromatic carbocycles. The van der Waals surface area contributed by atoms with Gasteiger partial charge in [0.05, 0.1) is 0 Å². The Kier molecular flexibility index (Phi) is 5.57. The highest BCUT2D eigenvalue weighted by Gasteiger charge is 1.98. The van der Waals surface area contributed by atoms with Gasteiger partial charge in [0.15, 0.2) is 0 Å². The molecule has 4 nitrogen and oxygen atoms in total. The second-order valence-corrected chi connectivity index (χ2v) is 3.91. The van der Waals surface area contributed by atoms with E-state index in [1.165, 1.54) is 0 Å². The lowest BCUT2D eigenvalue weighted by atomic mass is 10.4. The Labute approximate surface area is 98.6 Å². The molecular formula is C10H16BrN3O. The topological polar surface area (TPSA) is 47.0 Å². The summed E-state index contributed by atoms with van der Waals surface area (Å²) in [5, 5.41) is 3.22. The van der Waals surface area contributed by atoms with E-state index in [2.05, 4.69) is 31.2 Å². The lowest BCUT2D eigenvalue weighted by molar-refractivity contribution is 0.147. The molecule has 0 aliphatic heterocycles. The number of ether oxygens (including phenoxy) is 1. The number of nitrogens with one attached hydrogen (secondary N) is 1. The molecule has 0 radical (unpaired) electrons. The van der Waals surface area contributed by atoms with Gasteiger partial charge in [-0.25, -0.2) is 9.97 Å². The van der Waals surface area contributed by atoms with Crippen molar-refractivity contribution < 1.29 is 4.74 Å². The number of nitrogens with zero attached hydrogens (tertiary/aromatic N) is 2. The van der Waals surface area contributed by atoms with Gasteiger partial charge in [0.1, 0.15) is 16.2 Å². The second-order valence-electron chi connectivity index (χ2n) is 3.10. The zero-order chi connectivity index (χ0) is 11.1. The van der Waals surface area contributed by atoms with Gasteiger partial charge in [-0.3, -0.25) is 0 Å². The molecule has 1 aromatic rings. The molecular weight excluding hydrogens is 258 g/mol. The zero-order valence-electron chi connectivity index (χ0n) is 9.09. The first-order valence-corrected chi connectivity index (χ1v) is 5.84. The fraction of sp³-hybridized carbons (Fsp3) is 0.600. The van der Waals surface area contributed by atoms with Crippen LogP contribution in [0.3, 0.4) is 0 Å². The highest BCUT2D eigenvalue weighted by atomic mass is 79.9. The van der Waals surface area contributed by atoms with Crippen LogP contribution < -0.4 is 5.32 Å². The number of hydrogen-bond acceptors (Lipinski definition) is 4. The molecule has 1 heterocycles. The van der Waals surface area contributed by atoms with Crippen molar-refractivity contribution >= 4 is 21.7 Å². The van der Waals surface area contributed by atoms with Crippen molar-refractivity contribution in [3.8, 4) is 0 Å². The molecule has 84 valence electrons. The molecule has 1 N–H and O–H groups in total. The molecule has 0 aliphatic rings. The summed E-state index contributed by atoms with van der Waals surface area (Å²) in [4.78, 5) is 8.39. The van der Waals surface area contributed by atoms with Crippen LogP contribution in [0.2, 0.25) is 0 Å². The average Bonchev–Trinajstić information content (AvgIpc) is 2.16. The summed E-state index contributed by atoms with van der Waals surface area (Å²) in [5.41, 5.74) is 0. The number of rotatable bonds is 6. The van der Waals surface area contributed by atoms with Crippen LogP contribution in [0.1, 0.15) is 19.2 Å². The molecule has 0 bridgehead atoms. The Morgan fingerprint density at radius 2 is 2.27 bits per heavy atom. The van der Waals surface area contributed by atoms with Gasteiger partial charge in [-0.05, 0) is 36.2 Å². The molecule has 0 amide bonds. The summed E-state index contributed by atoms with van der Waals surface area (Å²) in [5.74, 6) is 1.61.